The van der Waals surface area contributed by atoms with Gasteiger partial charge >= 0.3 is 5.97 Å². The second kappa shape index (κ2) is 5.41. The molecule has 0 radical (unpaired) electrons. The molecule has 5 heteroatoms. The van der Waals surface area contributed by atoms with E-state index in [4.69, 9.17) is 0 Å². The second-order valence-electron chi connectivity index (χ2n) is 6.99. The van der Waals surface area contributed by atoms with E-state index in [1.165, 1.54) is 23.2 Å². The number of rotatable bonds is 2. The Bertz CT molecular complexity index is 811. The van der Waals surface area contributed by atoms with Crippen LogP contribution in [0.15, 0.2) is 47.6 Å². The van der Waals surface area contributed by atoms with E-state index < -0.39 is 5.97 Å². The maximum atomic E-state index is 13.0. The van der Waals surface area contributed by atoms with E-state index in [2.05, 4.69) is 16.9 Å². The van der Waals surface area contributed by atoms with Gasteiger partial charge in [0.1, 0.15) is 0 Å². The number of amides is 2. The van der Waals surface area contributed by atoms with Gasteiger partial charge in [-0.2, -0.15) is 0 Å². The molecule has 0 spiro atoms. The number of fused-ring (bicyclic) bond motifs is 5. The monoisotopic (exact) mass is 337 g/mol. The zero-order chi connectivity index (χ0) is 17.9. The Morgan fingerprint density at radius 1 is 0.960 bits per heavy atom. The van der Waals surface area contributed by atoms with E-state index in [9.17, 15) is 14.4 Å². The van der Waals surface area contributed by atoms with Crippen molar-refractivity contribution in [1.82, 2.24) is 0 Å². The van der Waals surface area contributed by atoms with E-state index in [-0.39, 0.29) is 35.5 Å². The normalized spacial score (nSPS) is 29.4. The second-order valence-corrected chi connectivity index (χ2v) is 6.99. The molecule has 3 aliphatic rings. The summed E-state index contributed by atoms with van der Waals surface area (Å²) >= 11 is 0. The number of methoxy groups -OCH3 is 1. The first-order valence-electron chi connectivity index (χ1n) is 8.37. The Hall–Kier alpha value is -2.69. The third-order valence-corrected chi connectivity index (χ3v) is 5.54. The van der Waals surface area contributed by atoms with Crippen molar-refractivity contribution in [2.75, 3.05) is 12.0 Å². The van der Waals surface area contributed by atoms with Gasteiger partial charge < -0.3 is 4.74 Å². The third kappa shape index (κ3) is 2.05. The molecular formula is C20H19NO4. The molecule has 1 aliphatic heterocycles. The predicted octanol–water partition coefficient (Wildman–Crippen LogP) is 2.73. The average molecular weight is 337 g/mol. The van der Waals surface area contributed by atoms with E-state index >= 15 is 0 Å². The molecule has 1 saturated carbocycles. The molecule has 0 unspecified atom stereocenters. The number of imide groups is 1. The molecule has 2 fully saturated rings. The molecule has 4 atom stereocenters. The summed E-state index contributed by atoms with van der Waals surface area (Å²) in [6, 6.07) is 6.40. The minimum atomic E-state index is -0.446. The molecule has 4 rings (SSSR count). The van der Waals surface area contributed by atoms with Crippen molar-refractivity contribution in [3.05, 3.63) is 53.1 Å². The Morgan fingerprint density at radius 2 is 1.48 bits per heavy atom. The smallest absolute Gasteiger partial charge is 0.337 e. The SMILES string of the molecule is COC(=O)c1ccc(N2C(=O)[C@H]3[C@H](C2=O)[C@H]2C=C[C@@H]3C2=C(C)C)cc1. The number of hydrogen-bond acceptors (Lipinski definition) is 4. The van der Waals surface area contributed by atoms with E-state index in [0.717, 1.165) is 0 Å². The topological polar surface area (TPSA) is 63.7 Å². The van der Waals surface area contributed by atoms with Crippen molar-refractivity contribution in [1.29, 1.82) is 0 Å². The quantitative estimate of drug-likeness (QED) is 0.473. The highest BCUT2D eigenvalue weighted by Gasteiger charge is 2.61. The van der Waals surface area contributed by atoms with Gasteiger partial charge in [-0.15, -0.1) is 0 Å². The molecule has 0 N–H and O–H groups in total. The summed E-state index contributed by atoms with van der Waals surface area (Å²) < 4.78 is 4.68. The average Bonchev–Trinajstić information content (AvgIpc) is 3.24. The maximum Gasteiger partial charge on any atom is 0.337 e. The highest BCUT2D eigenvalue weighted by Crippen LogP contribution is 2.57. The van der Waals surface area contributed by atoms with Gasteiger partial charge in [-0.25, -0.2) is 9.69 Å². The van der Waals surface area contributed by atoms with E-state index in [0.29, 0.717) is 11.3 Å². The number of carbonyl (C=O) groups excluding carboxylic acids is 3. The van der Waals surface area contributed by atoms with Gasteiger partial charge in [0.25, 0.3) is 0 Å². The highest BCUT2D eigenvalue weighted by molar-refractivity contribution is 6.23. The number of nitrogens with zero attached hydrogens (tertiary/aromatic N) is 1. The minimum absolute atomic E-state index is 0.0378. The van der Waals surface area contributed by atoms with Crippen molar-refractivity contribution >= 4 is 23.5 Å². The molecule has 1 aromatic carbocycles. The van der Waals surface area contributed by atoms with Crippen LogP contribution in [0.2, 0.25) is 0 Å². The minimum Gasteiger partial charge on any atom is -0.465 e. The lowest BCUT2D eigenvalue weighted by molar-refractivity contribution is -0.122. The zero-order valence-corrected chi connectivity index (χ0v) is 14.4. The summed E-state index contributed by atoms with van der Waals surface area (Å²) in [7, 11) is 1.31. The third-order valence-electron chi connectivity index (χ3n) is 5.54. The maximum absolute atomic E-state index is 13.0. The highest BCUT2D eigenvalue weighted by atomic mass is 16.5. The lowest BCUT2D eigenvalue weighted by atomic mass is 9.85. The molecule has 25 heavy (non-hydrogen) atoms. The van der Waals surface area contributed by atoms with E-state index in [1.807, 2.05) is 13.8 Å². The summed E-state index contributed by atoms with van der Waals surface area (Å²) in [5.74, 6) is -1.25. The molecule has 2 bridgehead atoms. The van der Waals surface area contributed by atoms with Crippen LogP contribution in [0.1, 0.15) is 24.2 Å². The van der Waals surface area contributed by atoms with Crippen molar-refractivity contribution in [2.45, 2.75) is 13.8 Å². The standard InChI is InChI=1S/C20H19NO4/c1-10(2)15-13-8-9-14(15)17-16(13)18(22)21(19(17)23)12-6-4-11(5-7-12)20(24)25-3/h4-9,13-14,16-17H,1-3H3/t13-,14+,16-,17-/m1/s1. The number of esters is 1. The number of anilines is 1. The van der Waals surface area contributed by atoms with Crippen molar-refractivity contribution in [3.63, 3.8) is 0 Å². The molecule has 2 aliphatic carbocycles. The first-order valence-corrected chi connectivity index (χ1v) is 8.37. The van der Waals surface area contributed by atoms with Crippen LogP contribution in [-0.2, 0) is 14.3 Å². The number of ether oxygens (including phenoxy) is 1. The fourth-order valence-electron chi connectivity index (χ4n) is 4.55. The Kier molecular flexibility index (Phi) is 3.42. The van der Waals surface area contributed by atoms with Crippen LogP contribution in [0.4, 0.5) is 5.69 Å². The molecule has 128 valence electrons. The first kappa shape index (κ1) is 15.8. The van der Waals surface area contributed by atoms with Crippen LogP contribution in [0, 0.1) is 23.7 Å². The van der Waals surface area contributed by atoms with Gasteiger partial charge in [-0.05, 0) is 38.1 Å². The van der Waals surface area contributed by atoms with Crippen LogP contribution in [0.5, 0.6) is 0 Å². The lowest BCUT2D eigenvalue weighted by Gasteiger charge is -2.19. The van der Waals surface area contributed by atoms with Crippen LogP contribution in [0.25, 0.3) is 0 Å². The van der Waals surface area contributed by atoms with Crippen LogP contribution < -0.4 is 4.90 Å². The summed E-state index contributed by atoms with van der Waals surface area (Å²) in [4.78, 5) is 38.8. The fraction of sp³-hybridized carbons (Fsp3) is 0.350. The van der Waals surface area contributed by atoms with Gasteiger partial charge in [0.15, 0.2) is 0 Å². The molecule has 1 heterocycles. The summed E-state index contributed by atoms with van der Waals surface area (Å²) in [5.41, 5.74) is 3.33. The predicted molar refractivity (Wildman–Crippen MR) is 91.7 cm³/mol. The number of benzene rings is 1. The van der Waals surface area contributed by atoms with Gasteiger partial charge in [0, 0.05) is 11.8 Å². The lowest BCUT2D eigenvalue weighted by Crippen LogP contribution is -2.33. The van der Waals surface area contributed by atoms with Crippen LogP contribution >= 0.6 is 0 Å². The fourth-order valence-corrected chi connectivity index (χ4v) is 4.55. The largest absolute Gasteiger partial charge is 0.465 e. The Morgan fingerprint density at radius 3 is 1.92 bits per heavy atom. The Labute approximate surface area is 146 Å². The van der Waals surface area contributed by atoms with Crippen LogP contribution in [-0.4, -0.2) is 24.9 Å². The van der Waals surface area contributed by atoms with Crippen molar-refractivity contribution < 1.29 is 19.1 Å². The van der Waals surface area contributed by atoms with E-state index in [1.54, 1.807) is 24.3 Å². The number of carbonyl (C=O) groups is 3. The number of hydrogen-bond donors (Lipinski definition) is 0. The molecule has 1 saturated heterocycles. The Balaban J connectivity index is 1.68. The summed E-state index contributed by atoms with van der Waals surface area (Å²) in [6.07, 6.45) is 4.15. The zero-order valence-electron chi connectivity index (χ0n) is 14.4. The van der Waals surface area contributed by atoms with Crippen LogP contribution in [0.3, 0.4) is 0 Å². The van der Waals surface area contributed by atoms with Gasteiger partial charge in [-0.1, -0.05) is 23.3 Å². The van der Waals surface area contributed by atoms with Crippen molar-refractivity contribution in [2.24, 2.45) is 23.7 Å². The molecule has 1 aromatic rings. The molecular weight excluding hydrogens is 318 g/mol. The van der Waals surface area contributed by atoms with Gasteiger partial charge in [0.2, 0.25) is 11.8 Å². The van der Waals surface area contributed by atoms with Gasteiger partial charge in [0.05, 0.1) is 30.2 Å². The molecule has 5 nitrogen and oxygen atoms in total. The molecule has 0 aromatic heterocycles. The summed E-state index contributed by atoms with van der Waals surface area (Å²) in [5, 5.41) is 0. The van der Waals surface area contributed by atoms with Gasteiger partial charge in [-0.3, -0.25) is 9.59 Å². The first-order chi connectivity index (χ1) is 12.0. The summed E-state index contributed by atoms with van der Waals surface area (Å²) in [6.45, 7) is 4.09. The van der Waals surface area contributed by atoms with Crippen molar-refractivity contribution in [3.8, 4) is 0 Å². The molecule has 2 amide bonds. The number of allylic oxidation sites excluding steroid dienone is 4.